The normalized spacial score (nSPS) is 16.6. The number of likely N-dealkylation sites (tertiary alicyclic amines) is 1. The van der Waals surface area contributed by atoms with Crippen LogP contribution in [-0.4, -0.2) is 31.0 Å². The van der Waals surface area contributed by atoms with Crippen LogP contribution in [-0.2, 0) is 4.79 Å². The van der Waals surface area contributed by atoms with Crippen LogP contribution < -0.4 is 4.74 Å². The average Bonchev–Trinajstić information content (AvgIpc) is 2.45. The summed E-state index contributed by atoms with van der Waals surface area (Å²) in [6, 6.07) is 5.97. The zero-order valence-electron chi connectivity index (χ0n) is 12.6. The largest absolute Gasteiger partial charge is 0.496 e. The molecule has 0 aromatic heterocycles. The smallest absolute Gasteiger partial charge is 0.246 e. The van der Waals surface area contributed by atoms with Crippen LogP contribution in [0.3, 0.4) is 0 Å². The second-order valence-corrected chi connectivity index (χ2v) is 5.59. The van der Waals surface area contributed by atoms with Gasteiger partial charge in [-0.15, -0.1) is 0 Å². The Hall–Kier alpha value is -1.77. The molecule has 0 bridgehead atoms. The summed E-state index contributed by atoms with van der Waals surface area (Å²) < 4.78 is 5.32. The summed E-state index contributed by atoms with van der Waals surface area (Å²) >= 11 is 0. The molecule has 1 saturated heterocycles. The molecule has 0 aliphatic carbocycles. The highest BCUT2D eigenvalue weighted by Gasteiger charge is 2.18. The zero-order chi connectivity index (χ0) is 14.5. The first-order chi connectivity index (χ1) is 9.60. The molecule has 1 aromatic rings. The molecule has 0 spiro atoms. The summed E-state index contributed by atoms with van der Waals surface area (Å²) in [5, 5.41) is 0. The minimum Gasteiger partial charge on any atom is -0.496 e. The van der Waals surface area contributed by atoms with Crippen molar-refractivity contribution in [3.05, 3.63) is 35.4 Å². The van der Waals surface area contributed by atoms with E-state index in [1.54, 1.807) is 13.2 Å². The van der Waals surface area contributed by atoms with E-state index in [0.717, 1.165) is 48.7 Å². The van der Waals surface area contributed by atoms with E-state index in [2.05, 4.69) is 6.92 Å². The first kappa shape index (κ1) is 14.6. The predicted molar refractivity (Wildman–Crippen MR) is 81.7 cm³/mol. The second kappa shape index (κ2) is 6.60. The van der Waals surface area contributed by atoms with Crippen LogP contribution in [0.4, 0.5) is 0 Å². The molecule has 1 aliphatic heterocycles. The van der Waals surface area contributed by atoms with Crippen LogP contribution in [0, 0.1) is 12.8 Å². The lowest BCUT2D eigenvalue weighted by atomic mass is 9.99. The quantitative estimate of drug-likeness (QED) is 0.791. The number of methoxy groups -OCH3 is 1. The lowest BCUT2D eigenvalue weighted by Gasteiger charge is -2.29. The van der Waals surface area contributed by atoms with E-state index in [0.29, 0.717) is 0 Å². The minimum atomic E-state index is 0.0976. The monoisotopic (exact) mass is 273 g/mol. The van der Waals surface area contributed by atoms with Gasteiger partial charge in [-0.3, -0.25) is 4.79 Å². The van der Waals surface area contributed by atoms with Crippen LogP contribution >= 0.6 is 0 Å². The van der Waals surface area contributed by atoms with Gasteiger partial charge in [-0.1, -0.05) is 18.6 Å². The summed E-state index contributed by atoms with van der Waals surface area (Å²) in [7, 11) is 1.65. The highest BCUT2D eigenvalue weighted by atomic mass is 16.5. The molecule has 0 radical (unpaired) electrons. The van der Waals surface area contributed by atoms with E-state index >= 15 is 0 Å². The molecule has 0 unspecified atom stereocenters. The Kier molecular flexibility index (Phi) is 4.83. The molecular formula is C17H23NO2. The Morgan fingerprint density at radius 2 is 2.05 bits per heavy atom. The third kappa shape index (κ3) is 3.62. The molecule has 108 valence electrons. The second-order valence-electron chi connectivity index (χ2n) is 5.59. The SMILES string of the molecule is COc1ccc(C)cc1/C=C/C(=O)N1CCC(C)CC1. The number of carbonyl (C=O) groups excluding carboxylic acids is 1. The van der Waals surface area contributed by atoms with Gasteiger partial charge in [-0.25, -0.2) is 0 Å². The van der Waals surface area contributed by atoms with E-state index < -0.39 is 0 Å². The fourth-order valence-electron chi connectivity index (χ4n) is 2.48. The minimum absolute atomic E-state index is 0.0976. The van der Waals surface area contributed by atoms with Gasteiger partial charge >= 0.3 is 0 Å². The summed E-state index contributed by atoms with van der Waals surface area (Å²) in [5.74, 6) is 1.63. The highest BCUT2D eigenvalue weighted by Crippen LogP contribution is 2.21. The fraction of sp³-hybridized carbons (Fsp3) is 0.471. The summed E-state index contributed by atoms with van der Waals surface area (Å²) in [5.41, 5.74) is 2.11. The van der Waals surface area contributed by atoms with Crippen LogP contribution in [0.1, 0.15) is 30.9 Å². The van der Waals surface area contributed by atoms with E-state index in [1.165, 1.54) is 0 Å². The van der Waals surface area contributed by atoms with Crippen LogP contribution in [0.5, 0.6) is 5.75 Å². The summed E-state index contributed by atoms with van der Waals surface area (Å²) in [4.78, 5) is 14.1. The number of amides is 1. The Morgan fingerprint density at radius 3 is 2.70 bits per heavy atom. The van der Waals surface area contributed by atoms with Crippen LogP contribution in [0.25, 0.3) is 6.08 Å². The topological polar surface area (TPSA) is 29.5 Å². The first-order valence-electron chi connectivity index (χ1n) is 7.22. The number of hydrogen-bond acceptors (Lipinski definition) is 2. The standard InChI is InChI=1S/C17H23NO2/c1-13-8-10-18(11-9-13)17(19)7-5-15-12-14(2)4-6-16(15)20-3/h4-7,12-13H,8-11H2,1-3H3/b7-5+. The number of hydrogen-bond donors (Lipinski definition) is 0. The van der Waals surface area contributed by atoms with Crippen molar-refractivity contribution < 1.29 is 9.53 Å². The van der Waals surface area contributed by atoms with Crippen molar-refractivity contribution in [1.29, 1.82) is 0 Å². The van der Waals surface area contributed by atoms with Crippen molar-refractivity contribution >= 4 is 12.0 Å². The molecule has 1 heterocycles. The molecule has 1 fully saturated rings. The third-order valence-electron chi connectivity index (χ3n) is 3.89. The molecule has 1 aliphatic rings. The Morgan fingerprint density at radius 1 is 1.35 bits per heavy atom. The van der Waals surface area contributed by atoms with Crippen molar-refractivity contribution in [3.8, 4) is 5.75 Å². The maximum atomic E-state index is 12.2. The van der Waals surface area contributed by atoms with Crippen LogP contribution in [0.2, 0.25) is 0 Å². The molecule has 3 nitrogen and oxygen atoms in total. The van der Waals surface area contributed by atoms with Gasteiger partial charge in [0.1, 0.15) is 5.75 Å². The maximum absolute atomic E-state index is 12.2. The maximum Gasteiger partial charge on any atom is 0.246 e. The fourth-order valence-corrected chi connectivity index (χ4v) is 2.48. The van der Waals surface area contributed by atoms with Gasteiger partial charge in [-0.2, -0.15) is 0 Å². The number of ether oxygens (including phenoxy) is 1. The van der Waals surface area contributed by atoms with Crippen LogP contribution in [0.15, 0.2) is 24.3 Å². The Labute approximate surface area is 121 Å². The van der Waals surface area contributed by atoms with Gasteiger partial charge in [0.2, 0.25) is 5.91 Å². The van der Waals surface area contributed by atoms with Crippen molar-refractivity contribution in [1.82, 2.24) is 4.90 Å². The lowest BCUT2D eigenvalue weighted by molar-refractivity contribution is -0.127. The number of rotatable bonds is 3. The predicted octanol–water partition coefficient (Wildman–Crippen LogP) is 3.28. The Balaban J connectivity index is 2.05. The number of piperidine rings is 1. The molecular weight excluding hydrogens is 250 g/mol. The van der Waals surface area contributed by atoms with E-state index in [1.807, 2.05) is 36.1 Å². The van der Waals surface area contributed by atoms with E-state index in [4.69, 9.17) is 4.74 Å². The van der Waals surface area contributed by atoms with Gasteiger partial charge in [-0.05, 0) is 43.9 Å². The zero-order valence-corrected chi connectivity index (χ0v) is 12.6. The van der Waals surface area contributed by atoms with E-state index in [-0.39, 0.29) is 5.91 Å². The molecule has 2 rings (SSSR count). The van der Waals surface area contributed by atoms with Gasteiger partial charge < -0.3 is 9.64 Å². The molecule has 0 atom stereocenters. The van der Waals surface area contributed by atoms with Gasteiger partial charge in [0.15, 0.2) is 0 Å². The average molecular weight is 273 g/mol. The molecule has 0 saturated carbocycles. The first-order valence-corrected chi connectivity index (χ1v) is 7.22. The van der Waals surface area contributed by atoms with Crippen molar-refractivity contribution in [3.63, 3.8) is 0 Å². The Bertz CT molecular complexity index is 500. The van der Waals surface area contributed by atoms with Gasteiger partial charge in [0, 0.05) is 24.7 Å². The highest BCUT2D eigenvalue weighted by molar-refractivity contribution is 5.92. The molecule has 3 heteroatoms. The van der Waals surface area contributed by atoms with E-state index in [9.17, 15) is 4.79 Å². The lowest BCUT2D eigenvalue weighted by Crippen LogP contribution is -2.36. The molecule has 1 amide bonds. The molecule has 0 N–H and O–H groups in total. The van der Waals surface area contributed by atoms with Crippen molar-refractivity contribution in [2.24, 2.45) is 5.92 Å². The van der Waals surface area contributed by atoms with Gasteiger partial charge in [0.25, 0.3) is 0 Å². The number of aryl methyl sites for hydroxylation is 1. The molecule has 1 aromatic carbocycles. The summed E-state index contributed by atoms with van der Waals surface area (Å²) in [6.45, 7) is 6.02. The number of carbonyl (C=O) groups is 1. The molecule has 20 heavy (non-hydrogen) atoms. The summed E-state index contributed by atoms with van der Waals surface area (Å²) in [6.07, 6.45) is 5.72. The number of nitrogens with zero attached hydrogens (tertiary/aromatic N) is 1. The number of benzene rings is 1. The van der Waals surface area contributed by atoms with Gasteiger partial charge in [0.05, 0.1) is 7.11 Å². The van der Waals surface area contributed by atoms with Crippen molar-refractivity contribution in [2.75, 3.05) is 20.2 Å². The third-order valence-corrected chi connectivity index (χ3v) is 3.89. The van der Waals surface area contributed by atoms with Crippen molar-refractivity contribution in [2.45, 2.75) is 26.7 Å².